The maximum absolute atomic E-state index is 13.3. The molecule has 0 spiro atoms. The van der Waals surface area contributed by atoms with E-state index >= 15 is 0 Å². The number of hydrogen-bond donors (Lipinski definition) is 0. The van der Waals surface area contributed by atoms with Crippen molar-refractivity contribution in [1.82, 2.24) is 4.90 Å². The third kappa shape index (κ3) is 5.96. The first-order chi connectivity index (χ1) is 15.0. The summed E-state index contributed by atoms with van der Waals surface area (Å²) in [5, 5.41) is 1.36. The molecule has 0 aromatic heterocycles. The SMILES string of the molecule is O=C1/C(=C/c2ccc(Cl)cc2)CN(Cc2ccc(Br)cc2)C/C1=C\c1ccc(Cl)cc1. The fourth-order valence-corrected chi connectivity index (χ4v) is 4.11. The average molecular weight is 513 g/mol. The molecule has 0 radical (unpaired) electrons. The van der Waals surface area contributed by atoms with Gasteiger partial charge < -0.3 is 0 Å². The van der Waals surface area contributed by atoms with Gasteiger partial charge >= 0.3 is 0 Å². The summed E-state index contributed by atoms with van der Waals surface area (Å²) in [5.74, 6) is 0.0805. The molecule has 2 nitrogen and oxygen atoms in total. The molecule has 3 aromatic carbocycles. The van der Waals surface area contributed by atoms with E-state index in [9.17, 15) is 4.79 Å². The number of hydrogen-bond acceptors (Lipinski definition) is 2. The zero-order valence-corrected chi connectivity index (χ0v) is 19.8. The lowest BCUT2D eigenvalue weighted by Gasteiger charge is -2.30. The van der Waals surface area contributed by atoms with E-state index in [4.69, 9.17) is 23.2 Å². The van der Waals surface area contributed by atoms with Gasteiger partial charge in [-0.05, 0) is 65.2 Å². The minimum Gasteiger partial charge on any atom is -0.290 e. The van der Waals surface area contributed by atoms with Gasteiger partial charge in [-0.1, -0.05) is 75.5 Å². The Kier molecular flexibility index (Phi) is 7.09. The predicted molar refractivity (Wildman–Crippen MR) is 133 cm³/mol. The van der Waals surface area contributed by atoms with Crippen LogP contribution in [0.4, 0.5) is 0 Å². The summed E-state index contributed by atoms with van der Waals surface area (Å²) in [7, 11) is 0. The Hall–Kier alpha value is -2.17. The molecule has 0 bridgehead atoms. The van der Waals surface area contributed by atoms with Crippen molar-refractivity contribution in [2.24, 2.45) is 0 Å². The summed E-state index contributed by atoms with van der Waals surface area (Å²) in [5.41, 5.74) is 4.67. The van der Waals surface area contributed by atoms with Crippen LogP contribution in [-0.4, -0.2) is 23.8 Å². The van der Waals surface area contributed by atoms with E-state index in [1.165, 1.54) is 5.56 Å². The quantitative estimate of drug-likeness (QED) is 0.341. The van der Waals surface area contributed by atoms with Crippen molar-refractivity contribution in [2.75, 3.05) is 13.1 Å². The van der Waals surface area contributed by atoms with Crippen molar-refractivity contribution in [2.45, 2.75) is 6.54 Å². The molecule has 31 heavy (non-hydrogen) atoms. The number of halogens is 3. The number of carbonyl (C=O) groups is 1. The van der Waals surface area contributed by atoms with E-state index in [2.05, 4.69) is 33.0 Å². The molecule has 5 heteroatoms. The van der Waals surface area contributed by atoms with Crippen LogP contribution in [0.5, 0.6) is 0 Å². The zero-order valence-electron chi connectivity index (χ0n) is 16.7. The van der Waals surface area contributed by atoms with Crippen LogP contribution in [0.1, 0.15) is 16.7 Å². The first-order valence-electron chi connectivity index (χ1n) is 9.90. The van der Waals surface area contributed by atoms with Crippen molar-refractivity contribution < 1.29 is 4.79 Å². The summed E-state index contributed by atoms with van der Waals surface area (Å²) in [6.07, 6.45) is 3.92. The van der Waals surface area contributed by atoms with Crippen LogP contribution in [-0.2, 0) is 11.3 Å². The summed E-state index contributed by atoms with van der Waals surface area (Å²) >= 11 is 15.5. The molecule has 0 saturated carbocycles. The van der Waals surface area contributed by atoms with Crippen molar-refractivity contribution in [3.63, 3.8) is 0 Å². The van der Waals surface area contributed by atoms with Crippen molar-refractivity contribution in [3.8, 4) is 0 Å². The van der Waals surface area contributed by atoms with Crippen LogP contribution in [0.3, 0.4) is 0 Å². The molecule has 4 rings (SSSR count). The molecule has 0 atom stereocenters. The van der Waals surface area contributed by atoms with Crippen LogP contribution < -0.4 is 0 Å². The standard InChI is InChI=1S/C26H20BrCl2NO/c27-23-7-1-20(2-8-23)15-30-16-21(13-18-3-9-24(28)10-4-18)26(31)22(17-30)14-19-5-11-25(29)12-6-19/h1-14H,15-17H2/b21-13+,22-14+. The second-order valence-corrected chi connectivity index (χ2v) is 9.33. The Morgan fingerprint density at radius 2 is 1.19 bits per heavy atom. The molecule has 1 aliphatic rings. The van der Waals surface area contributed by atoms with Gasteiger partial charge in [0.1, 0.15) is 0 Å². The van der Waals surface area contributed by atoms with Gasteiger partial charge in [0.05, 0.1) is 0 Å². The maximum Gasteiger partial charge on any atom is 0.187 e. The Morgan fingerprint density at radius 3 is 1.65 bits per heavy atom. The molecule has 0 aliphatic carbocycles. The number of piperidine rings is 1. The zero-order chi connectivity index (χ0) is 21.8. The number of nitrogens with zero attached hydrogens (tertiary/aromatic N) is 1. The lowest BCUT2D eigenvalue weighted by atomic mass is 9.94. The van der Waals surface area contributed by atoms with E-state index in [-0.39, 0.29) is 5.78 Å². The Morgan fingerprint density at radius 1 is 0.742 bits per heavy atom. The molecule has 0 amide bonds. The first kappa shape index (κ1) is 22.0. The minimum absolute atomic E-state index is 0.0805. The third-order valence-corrected chi connectivity index (χ3v) is 6.15. The van der Waals surface area contributed by atoms with E-state index in [1.54, 1.807) is 0 Å². The van der Waals surface area contributed by atoms with E-state index in [1.807, 2.05) is 72.8 Å². The third-order valence-electron chi connectivity index (χ3n) is 5.11. The smallest absolute Gasteiger partial charge is 0.187 e. The molecular weight excluding hydrogens is 493 g/mol. The molecule has 0 N–H and O–H groups in total. The molecule has 3 aromatic rings. The number of rotatable bonds is 4. The second-order valence-electron chi connectivity index (χ2n) is 7.54. The van der Waals surface area contributed by atoms with Gasteiger partial charge in [-0.3, -0.25) is 9.69 Å². The highest BCUT2D eigenvalue weighted by Gasteiger charge is 2.26. The van der Waals surface area contributed by atoms with E-state index in [0.29, 0.717) is 23.1 Å². The molecule has 156 valence electrons. The largest absolute Gasteiger partial charge is 0.290 e. The molecule has 1 aliphatic heterocycles. The van der Waals surface area contributed by atoms with Gasteiger partial charge in [0.15, 0.2) is 5.78 Å². The lowest BCUT2D eigenvalue weighted by Crippen LogP contribution is -2.37. The van der Waals surface area contributed by atoms with Crippen molar-refractivity contribution >= 4 is 57.1 Å². The monoisotopic (exact) mass is 511 g/mol. The summed E-state index contributed by atoms with van der Waals surface area (Å²) < 4.78 is 1.05. The Balaban J connectivity index is 1.66. The van der Waals surface area contributed by atoms with Crippen LogP contribution in [0.2, 0.25) is 10.0 Å². The highest BCUT2D eigenvalue weighted by atomic mass is 79.9. The van der Waals surface area contributed by atoms with Crippen LogP contribution in [0.15, 0.2) is 88.4 Å². The minimum atomic E-state index is 0.0805. The highest BCUT2D eigenvalue weighted by molar-refractivity contribution is 9.10. The summed E-state index contributed by atoms with van der Waals surface area (Å²) in [6, 6.07) is 23.4. The fourth-order valence-electron chi connectivity index (χ4n) is 3.59. The summed E-state index contributed by atoms with van der Waals surface area (Å²) in [4.78, 5) is 15.6. The van der Waals surface area contributed by atoms with Crippen molar-refractivity contribution in [3.05, 3.63) is 115 Å². The molecule has 1 fully saturated rings. The van der Waals surface area contributed by atoms with Gasteiger partial charge in [0.2, 0.25) is 0 Å². The van der Waals surface area contributed by atoms with Crippen LogP contribution in [0, 0.1) is 0 Å². The number of ketones is 1. The van der Waals surface area contributed by atoms with Crippen LogP contribution >= 0.6 is 39.1 Å². The van der Waals surface area contributed by atoms with Gasteiger partial charge in [0.25, 0.3) is 0 Å². The molecule has 1 heterocycles. The predicted octanol–water partition coefficient (Wildman–Crippen LogP) is 7.31. The topological polar surface area (TPSA) is 20.3 Å². The number of benzene rings is 3. The Labute approximate surface area is 200 Å². The normalized spacial score (nSPS) is 17.5. The summed E-state index contributed by atoms with van der Waals surface area (Å²) in [6.45, 7) is 1.95. The first-order valence-corrected chi connectivity index (χ1v) is 11.4. The second kappa shape index (κ2) is 9.97. The lowest BCUT2D eigenvalue weighted by molar-refractivity contribution is -0.113. The number of carbonyl (C=O) groups excluding carboxylic acids is 1. The van der Waals surface area contributed by atoms with E-state index < -0.39 is 0 Å². The highest BCUT2D eigenvalue weighted by Crippen LogP contribution is 2.25. The molecule has 1 saturated heterocycles. The van der Waals surface area contributed by atoms with Gasteiger partial charge in [0, 0.05) is 45.3 Å². The maximum atomic E-state index is 13.3. The Bertz CT molecular complexity index is 1070. The van der Waals surface area contributed by atoms with Gasteiger partial charge in [-0.25, -0.2) is 0 Å². The van der Waals surface area contributed by atoms with Gasteiger partial charge in [-0.15, -0.1) is 0 Å². The fraction of sp³-hybridized carbons (Fsp3) is 0.115. The van der Waals surface area contributed by atoms with E-state index in [0.717, 1.165) is 33.3 Å². The number of likely N-dealkylation sites (tertiary alicyclic amines) is 1. The van der Waals surface area contributed by atoms with Crippen LogP contribution in [0.25, 0.3) is 12.2 Å². The van der Waals surface area contributed by atoms with Crippen molar-refractivity contribution in [1.29, 1.82) is 0 Å². The number of Topliss-reactive ketones (excluding diaryl/α,β-unsaturated/α-hetero) is 1. The molecular formula is C26H20BrCl2NO. The van der Waals surface area contributed by atoms with Gasteiger partial charge in [-0.2, -0.15) is 0 Å². The average Bonchev–Trinajstić information content (AvgIpc) is 2.76. The molecule has 0 unspecified atom stereocenters.